The lowest BCUT2D eigenvalue weighted by molar-refractivity contribution is -0.385. The maximum absolute atomic E-state index is 12.3. The third-order valence-corrected chi connectivity index (χ3v) is 4.07. The van der Waals surface area contributed by atoms with Crippen molar-refractivity contribution in [2.24, 2.45) is 0 Å². The second-order valence-electron chi connectivity index (χ2n) is 6.01. The lowest BCUT2D eigenvalue weighted by Gasteiger charge is -2.07. The largest absolute Gasteiger partial charge is 0.487 e. The lowest BCUT2D eigenvalue weighted by Crippen LogP contribution is -2.25. The summed E-state index contributed by atoms with van der Waals surface area (Å²) in [6, 6.07) is 13.9. The zero-order valence-corrected chi connectivity index (χ0v) is 15.4. The summed E-state index contributed by atoms with van der Waals surface area (Å²) in [6.45, 7) is 2.44. The van der Waals surface area contributed by atoms with Crippen LogP contribution in [0.25, 0.3) is 5.69 Å². The smallest absolute Gasteiger partial charge is 0.311 e. The molecule has 0 aliphatic rings. The maximum atomic E-state index is 12.3. The molecule has 1 amide bonds. The van der Waals surface area contributed by atoms with Crippen LogP contribution >= 0.6 is 0 Å². The van der Waals surface area contributed by atoms with E-state index in [9.17, 15) is 14.9 Å². The highest BCUT2D eigenvalue weighted by molar-refractivity contribution is 5.95. The molecule has 1 heterocycles. The van der Waals surface area contributed by atoms with Gasteiger partial charge in [-0.05, 0) is 43.2 Å². The number of carbonyl (C=O) groups is 1. The maximum Gasteiger partial charge on any atom is 0.311 e. The van der Waals surface area contributed by atoms with Crippen LogP contribution in [0, 0.1) is 10.1 Å². The van der Waals surface area contributed by atoms with Gasteiger partial charge >= 0.3 is 5.69 Å². The van der Waals surface area contributed by atoms with Gasteiger partial charge in [0.2, 0.25) is 0 Å². The van der Waals surface area contributed by atoms with E-state index in [0.29, 0.717) is 19.6 Å². The van der Waals surface area contributed by atoms with E-state index in [2.05, 4.69) is 10.4 Å². The first-order valence-electron chi connectivity index (χ1n) is 8.87. The van der Waals surface area contributed by atoms with E-state index in [1.807, 2.05) is 36.5 Å². The van der Waals surface area contributed by atoms with Gasteiger partial charge in [-0.25, -0.2) is 4.68 Å². The van der Waals surface area contributed by atoms with Gasteiger partial charge in [0.25, 0.3) is 5.91 Å². The molecule has 0 saturated heterocycles. The molecule has 0 atom stereocenters. The first-order valence-corrected chi connectivity index (χ1v) is 8.87. The van der Waals surface area contributed by atoms with Crippen molar-refractivity contribution in [3.63, 3.8) is 0 Å². The Bertz CT molecular complexity index is 969. The van der Waals surface area contributed by atoms with E-state index in [-0.39, 0.29) is 22.9 Å². The normalized spacial score (nSPS) is 10.5. The van der Waals surface area contributed by atoms with Gasteiger partial charge in [0.15, 0.2) is 5.75 Å². The van der Waals surface area contributed by atoms with Crippen LogP contribution in [0.3, 0.4) is 0 Å². The van der Waals surface area contributed by atoms with Crippen molar-refractivity contribution in [1.82, 2.24) is 15.1 Å². The van der Waals surface area contributed by atoms with Crippen LogP contribution in [0.1, 0.15) is 22.8 Å². The molecule has 8 nitrogen and oxygen atoms in total. The standard InChI is InChI=1S/C20H20N4O4/c1-2-28-19-9-8-16(12-18(19)24(26)27)20(25)21-11-10-15-13-22-23(14-15)17-6-4-3-5-7-17/h3-9,12-14H,2,10-11H2,1H3,(H,21,25). The molecule has 8 heteroatoms. The van der Waals surface area contributed by atoms with Crippen LogP contribution in [0.4, 0.5) is 5.69 Å². The minimum atomic E-state index is -0.556. The number of nitrogens with zero attached hydrogens (tertiary/aromatic N) is 3. The van der Waals surface area contributed by atoms with Gasteiger partial charge in [0.1, 0.15) is 0 Å². The molecule has 0 spiro atoms. The molecule has 3 rings (SSSR count). The summed E-state index contributed by atoms with van der Waals surface area (Å²) >= 11 is 0. The van der Waals surface area contributed by atoms with Gasteiger partial charge in [-0.1, -0.05) is 18.2 Å². The van der Waals surface area contributed by atoms with Gasteiger partial charge in [-0.2, -0.15) is 5.10 Å². The number of nitro groups is 1. The minimum Gasteiger partial charge on any atom is -0.487 e. The van der Waals surface area contributed by atoms with Crippen LogP contribution in [-0.2, 0) is 6.42 Å². The van der Waals surface area contributed by atoms with Gasteiger partial charge in [0, 0.05) is 24.4 Å². The summed E-state index contributed by atoms with van der Waals surface area (Å²) in [6.07, 6.45) is 4.25. The first-order chi connectivity index (χ1) is 13.6. The van der Waals surface area contributed by atoms with Crippen molar-refractivity contribution >= 4 is 11.6 Å². The fraction of sp³-hybridized carbons (Fsp3) is 0.200. The molecule has 1 aromatic heterocycles. The third-order valence-electron chi connectivity index (χ3n) is 4.07. The van der Waals surface area contributed by atoms with Gasteiger partial charge in [0.05, 0.1) is 23.4 Å². The Labute approximate surface area is 161 Å². The van der Waals surface area contributed by atoms with Crippen molar-refractivity contribution in [3.8, 4) is 11.4 Å². The Hall–Kier alpha value is -3.68. The molecule has 0 aliphatic heterocycles. The van der Waals surface area contributed by atoms with Gasteiger partial charge in [-0.15, -0.1) is 0 Å². The summed E-state index contributed by atoms with van der Waals surface area (Å²) in [7, 11) is 0. The van der Waals surface area contributed by atoms with Gasteiger partial charge < -0.3 is 10.1 Å². The molecule has 28 heavy (non-hydrogen) atoms. The predicted octanol–water partition coefficient (Wildman–Crippen LogP) is 3.15. The summed E-state index contributed by atoms with van der Waals surface area (Å²) in [5.41, 5.74) is 1.93. The van der Waals surface area contributed by atoms with Crippen LogP contribution < -0.4 is 10.1 Å². The molecular weight excluding hydrogens is 360 g/mol. The summed E-state index contributed by atoms with van der Waals surface area (Å²) in [5.74, 6) is -0.223. The molecule has 0 unspecified atom stereocenters. The molecule has 0 saturated carbocycles. The van der Waals surface area contributed by atoms with Crippen LogP contribution in [0.5, 0.6) is 5.75 Å². The number of nitrogens with one attached hydrogen (secondary N) is 1. The lowest BCUT2D eigenvalue weighted by atomic mass is 10.1. The zero-order chi connectivity index (χ0) is 19.9. The number of amides is 1. The van der Waals surface area contributed by atoms with Gasteiger partial charge in [-0.3, -0.25) is 14.9 Å². The first kappa shape index (κ1) is 19.1. The number of rotatable bonds is 8. The van der Waals surface area contributed by atoms with Crippen molar-refractivity contribution in [2.45, 2.75) is 13.3 Å². The monoisotopic (exact) mass is 380 g/mol. The van der Waals surface area contributed by atoms with E-state index in [1.54, 1.807) is 17.8 Å². The Kier molecular flexibility index (Phi) is 6.01. The summed E-state index contributed by atoms with van der Waals surface area (Å²) in [4.78, 5) is 22.9. The summed E-state index contributed by atoms with van der Waals surface area (Å²) < 4.78 is 7.00. The number of hydrogen-bond acceptors (Lipinski definition) is 5. The number of carbonyl (C=O) groups excluding carboxylic acids is 1. The highest BCUT2D eigenvalue weighted by Gasteiger charge is 2.18. The van der Waals surface area contributed by atoms with E-state index < -0.39 is 4.92 Å². The van der Waals surface area contributed by atoms with Crippen LogP contribution in [0.2, 0.25) is 0 Å². The topological polar surface area (TPSA) is 99.3 Å². The molecule has 0 bridgehead atoms. The quantitative estimate of drug-likeness (QED) is 0.478. The number of hydrogen-bond donors (Lipinski definition) is 1. The molecule has 1 N–H and O–H groups in total. The Balaban J connectivity index is 1.59. The number of aromatic nitrogens is 2. The van der Waals surface area contributed by atoms with Crippen molar-refractivity contribution in [1.29, 1.82) is 0 Å². The molecule has 0 aliphatic carbocycles. The molecular formula is C20H20N4O4. The Morgan fingerprint density at radius 1 is 1.25 bits per heavy atom. The third kappa shape index (κ3) is 4.53. The fourth-order valence-corrected chi connectivity index (χ4v) is 2.71. The van der Waals surface area contributed by atoms with E-state index >= 15 is 0 Å². The van der Waals surface area contributed by atoms with E-state index in [4.69, 9.17) is 4.74 Å². The SMILES string of the molecule is CCOc1ccc(C(=O)NCCc2cnn(-c3ccccc3)c2)cc1[N+](=O)[O-]. The van der Waals surface area contributed by atoms with Crippen molar-refractivity contribution in [3.05, 3.63) is 82.2 Å². The van der Waals surface area contributed by atoms with E-state index in [1.165, 1.54) is 18.2 Å². The fourth-order valence-electron chi connectivity index (χ4n) is 2.71. The molecule has 3 aromatic rings. The number of para-hydroxylation sites is 1. The minimum absolute atomic E-state index is 0.150. The van der Waals surface area contributed by atoms with Crippen LogP contribution in [-0.4, -0.2) is 33.8 Å². The molecule has 144 valence electrons. The Morgan fingerprint density at radius 3 is 2.75 bits per heavy atom. The van der Waals surface area contributed by atoms with Crippen LogP contribution in [0.15, 0.2) is 60.9 Å². The second-order valence-corrected chi connectivity index (χ2v) is 6.01. The predicted molar refractivity (Wildman–Crippen MR) is 104 cm³/mol. The molecule has 2 aromatic carbocycles. The number of nitro benzene ring substituents is 1. The zero-order valence-electron chi connectivity index (χ0n) is 15.4. The van der Waals surface area contributed by atoms with Crippen molar-refractivity contribution < 1.29 is 14.5 Å². The van der Waals surface area contributed by atoms with E-state index in [0.717, 1.165) is 11.3 Å². The summed E-state index contributed by atoms with van der Waals surface area (Å²) in [5, 5.41) is 18.3. The average Bonchev–Trinajstić information content (AvgIpc) is 3.18. The number of benzene rings is 2. The highest BCUT2D eigenvalue weighted by atomic mass is 16.6. The number of ether oxygens (including phenoxy) is 1. The second kappa shape index (κ2) is 8.81. The van der Waals surface area contributed by atoms with Crippen molar-refractivity contribution in [2.75, 3.05) is 13.2 Å². The molecule has 0 radical (unpaired) electrons. The molecule has 0 fully saturated rings. The highest BCUT2D eigenvalue weighted by Crippen LogP contribution is 2.27. The average molecular weight is 380 g/mol. The Morgan fingerprint density at radius 2 is 2.04 bits per heavy atom.